The molecule has 2 aliphatic rings. The molecule has 120 valence electrons. The van der Waals surface area contributed by atoms with Crippen molar-refractivity contribution in [2.75, 3.05) is 5.75 Å². The van der Waals surface area contributed by atoms with Crippen molar-refractivity contribution in [2.45, 2.75) is 55.6 Å². The Morgan fingerprint density at radius 1 is 1.23 bits per heavy atom. The van der Waals surface area contributed by atoms with E-state index in [1.165, 1.54) is 24.6 Å². The van der Waals surface area contributed by atoms with Gasteiger partial charge in [0, 0.05) is 19.0 Å². The van der Waals surface area contributed by atoms with Gasteiger partial charge in [0.1, 0.15) is 5.82 Å². The lowest BCUT2D eigenvalue weighted by Gasteiger charge is -2.12. The van der Waals surface area contributed by atoms with Crippen LogP contribution in [0.5, 0.6) is 0 Å². The molecule has 8 heteroatoms. The fraction of sp³-hybridized carbons (Fsp3) is 0.714. The fourth-order valence-corrected chi connectivity index (χ4v) is 3.45. The first-order valence-corrected chi connectivity index (χ1v) is 8.74. The molecule has 1 aromatic heterocycles. The predicted octanol–water partition coefficient (Wildman–Crippen LogP) is 1.55. The molecule has 1 heterocycles. The van der Waals surface area contributed by atoms with Gasteiger partial charge >= 0.3 is 6.03 Å². The summed E-state index contributed by atoms with van der Waals surface area (Å²) in [6.45, 7) is 0. The van der Waals surface area contributed by atoms with Crippen LogP contribution in [0.4, 0.5) is 4.79 Å². The van der Waals surface area contributed by atoms with Crippen molar-refractivity contribution in [1.29, 1.82) is 0 Å². The second-order valence-corrected chi connectivity index (χ2v) is 6.91. The Hall–Kier alpha value is -1.57. The molecule has 3 amide bonds. The number of carbonyl (C=O) groups excluding carboxylic acids is 2. The maximum absolute atomic E-state index is 11.8. The maximum atomic E-state index is 11.8. The van der Waals surface area contributed by atoms with E-state index in [1.54, 1.807) is 0 Å². The zero-order chi connectivity index (χ0) is 15.5. The van der Waals surface area contributed by atoms with Crippen molar-refractivity contribution < 1.29 is 9.59 Å². The van der Waals surface area contributed by atoms with E-state index < -0.39 is 6.03 Å². The standard InChI is InChI=1S/C14H21N5O2S/c1-19-12(9-6-7-9)17-18-14(19)22-8-11(20)16-13(21)15-10-4-2-3-5-10/h9-10H,2-8H2,1H3,(H2,15,16,20,21). The number of urea groups is 1. The van der Waals surface area contributed by atoms with Crippen LogP contribution in [0.2, 0.25) is 0 Å². The fourth-order valence-electron chi connectivity index (χ4n) is 2.73. The van der Waals surface area contributed by atoms with Gasteiger partial charge < -0.3 is 9.88 Å². The Morgan fingerprint density at radius 3 is 2.64 bits per heavy atom. The van der Waals surface area contributed by atoms with Gasteiger partial charge in [0.25, 0.3) is 0 Å². The third kappa shape index (κ3) is 3.79. The third-order valence-electron chi connectivity index (χ3n) is 4.09. The van der Waals surface area contributed by atoms with E-state index in [0.717, 1.165) is 31.5 Å². The topological polar surface area (TPSA) is 88.9 Å². The monoisotopic (exact) mass is 323 g/mol. The van der Waals surface area contributed by atoms with Crippen LogP contribution < -0.4 is 10.6 Å². The van der Waals surface area contributed by atoms with Gasteiger partial charge in [-0.3, -0.25) is 10.1 Å². The summed E-state index contributed by atoms with van der Waals surface area (Å²) >= 11 is 1.30. The highest BCUT2D eigenvalue weighted by Gasteiger charge is 2.29. The molecule has 0 spiro atoms. The molecule has 0 radical (unpaired) electrons. The van der Waals surface area contributed by atoms with Crippen molar-refractivity contribution in [3.05, 3.63) is 5.82 Å². The van der Waals surface area contributed by atoms with Gasteiger partial charge in [-0.2, -0.15) is 0 Å². The first kappa shape index (κ1) is 15.3. The van der Waals surface area contributed by atoms with Crippen LogP contribution in [0.25, 0.3) is 0 Å². The van der Waals surface area contributed by atoms with Gasteiger partial charge in [-0.1, -0.05) is 24.6 Å². The molecule has 2 fully saturated rings. The summed E-state index contributed by atoms with van der Waals surface area (Å²) in [4.78, 5) is 23.5. The number of rotatable bonds is 5. The van der Waals surface area contributed by atoms with E-state index in [2.05, 4.69) is 20.8 Å². The number of carbonyl (C=O) groups is 2. The van der Waals surface area contributed by atoms with E-state index >= 15 is 0 Å². The molecule has 0 saturated heterocycles. The highest BCUT2D eigenvalue weighted by atomic mass is 32.2. The number of nitrogens with zero attached hydrogens (tertiary/aromatic N) is 3. The van der Waals surface area contributed by atoms with Crippen molar-refractivity contribution in [3.8, 4) is 0 Å². The van der Waals surface area contributed by atoms with Gasteiger partial charge in [-0.05, 0) is 25.7 Å². The summed E-state index contributed by atoms with van der Waals surface area (Å²) in [6.07, 6.45) is 6.61. The molecule has 2 N–H and O–H groups in total. The van der Waals surface area contributed by atoms with Gasteiger partial charge in [0.05, 0.1) is 5.75 Å². The predicted molar refractivity (Wildman–Crippen MR) is 82.6 cm³/mol. The molecular weight excluding hydrogens is 302 g/mol. The SMILES string of the molecule is Cn1c(SCC(=O)NC(=O)NC2CCCC2)nnc1C1CC1. The quantitative estimate of drug-likeness (QED) is 0.803. The van der Waals surface area contributed by atoms with Gasteiger partial charge in [-0.15, -0.1) is 10.2 Å². The summed E-state index contributed by atoms with van der Waals surface area (Å²) in [6, 6.07) is -0.186. The Morgan fingerprint density at radius 2 is 1.95 bits per heavy atom. The summed E-state index contributed by atoms with van der Waals surface area (Å²) in [5, 5.41) is 14.2. The van der Waals surface area contributed by atoms with E-state index in [-0.39, 0.29) is 17.7 Å². The Bertz CT molecular complexity index is 564. The highest BCUT2D eigenvalue weighted by Crippen LogP contribution is 2.39. The van der Waals surface area contributed by atoms with Crippen LogP contribution in [0.3, 0.4) is 0 Å². The minimum atomic E-state index is -0.394. The largest absolute Gasteiger partial charge is 0.335 e. The molecule has 2 saturated carbocycles. The first-order valence-electron chi connectivity index (χ1n) is 7.76. The van der Waals surface area contributed by atoms with Crippen molar-refractivity contribution in [1.82, 2.24) is 25.4 Å². The lowest BCUT2D eigenvalue weighted by Crippen LogP contribution is -2.44. The van der Waals surface area contributed by atoms with Crippen molar-refractivity contribution in [2.24, 2.45) is 7.05 Å². The summed E-state index contributed by atoms with van der Waals surface area (Å²) < 4.78 is 1.94. The Labute approximate surface area is 133 Å². The molecule has 0 atom stereocenters. The van der Waals surface area contributed by atoms with Crippen LogP contribution >= 0.6 is 11.8 Å². The molecule has 2 aliphatic carbocycles. The number of hydrogen-bond acceptors (Lipinski definition) is 5. The highest BCUT2D eigenvalue weighted by molar-refractivity contribution is 7.99. The number of nitrogens with one attached hydrogen (secondary N) is 2. The minimum absolute atomic E-state index is 0.161. The molecule has 1 aromatic rings. The zero-order valence-corrected chi connectivity index (χ0v) is 13.5. The molecule has 7 nitrogen and oxygen atoms in total. The van der Waals surface area contributed by atoms with E-state index in [9.17, 15) is 9.59 Å². The normalized spacial score (nSPS) is 18.4. The molecule has 0 aromatic carbocycles. The third-order valence-corrected chi connectivity index (χ3v) is 5.11. The number of aromatic nitrogens is 3. The average molecular weight is 323 g/mol. The Kier molecular flexibility index (Phi) is 4.66. The summed E-state index contributed by atoms with van der Waals surface area (Å²) in [5.41, 5.74) is 0. The van der Waals surface area contributed by atoms with Crippen LogP contribution in [0, 0.1) is 0 Å². The van der Waals surface area contributed by atoms with Gasteiger partial charge in [-0.25, -0.2) is 4.79 Å². The lowest BCUT2D eigenvalue weighted by atomic mass is 10.2. The first-order chi connectivity index (χ1) is 10.6. The minimum Gasteiger partial charge on any atom is -0.335 e. The number of amides is 3. The number of hydrogen-bond donors (Lipinski definition) is 2. The van der Waals surface area contributed by atoms with Crippen LogP contribution in [-0.2, 0) is 11.8 Å². The molecule has 0 aliphatic heterocycles. The van der Waals surface area contributed by atoms with Crippen molar-refractivity contribution in [3.63, 3.8) is 0 Å². The Balaban J connectivity index is 1.42. The molecule has 3 rings (SSSR count). The molecule has 0 unspecified atom stereocenters. The van der Waals surface area contributed by atoms with Gasteiger partial charge in [0.15, 0.2) is 5.16 Å². The van der Waals surface area contributed by atoms with Crippen LogP contribution in [-0.4, -0.2) is 38.5 Å². The maximum Gasteiger partial charge on any atom is 0.321 e. The van der Waals surface area contributed by atoms with Crippen LogP contribution in [0.15, 0.2) is 5.16 Å². The number of thioether (sulfide) groups is 1. The second kappa shape index (κ2) is 6.68. The second-order valence-electron chi connectivity index (χ2n) is 5.97. The molecule has 22 heavy (non-hydrogen) atoms. The average Bonchev–Trinajstić information content (AvgIpc) is 3.06. The van der Waals surface area contributed by atoms with E-state index in [1.807, 2.05) is 11.6 Å². The summed E-state index contributed by atoms with van der Waals surface area (Å²) in [7, 11) is 1.92. The van der Waals surface area contributed by atoms with Gasteiger partial charge in [0.2, 0.25) is 5.91 Å². The summed E-state index contributed by atoms with van der Waals surface area (Å²) in [5.74, 6) is 1.37. The van der Waals surface area contributed by atoms with E-state index in [0.29, 0.717) is 11.1 Å². The zero-order valence-electron chi connectivity index (χ0n) is 12.7. The van der Waals surface area contributed by atoms with Crippen LogP contribution in [0.1, 0.15) is 50.3 Å². The van der Waals surface area contributed by atoms with E-state index in [4.69, 9.17) is 0 Å². The van der Waals surface area contributed by atoms with Crippen molar-refractivity contribution >= 4 is 23.7 Å². The molecular formula is C14H21N5O2S. The molecule has 0 bridgehead atoms. The smallest absolute Gasteiger partial charge is 0.321 e. The number of imide groups is 1. The lowest BCUT2D eigenvalue weighted by molar-refractivity contribution is -0.117.